The third-order valence-corrected chi connectivity index (χ3v) is 4.92. The number of amides is 4. The summed E-state index contributed by atoms with van der Waals surface area (Å²) in [6.45, 7) is 5.94. The van der Waals surface area contributed by atoms with Crippen molar-refractivity contribution in [1.29, 1.82) is 0 Å². The molecular weight excluding hydrogens is 326 g/mol. The fourth-order valence-electron chi connectivity index (χ4n) is 2.35. The van der Waals surface area contributed by atoms with E-state index in [-0.39, 0.29) is 29.6 Å². The number of rotatable bonds is 6. The highest BCUT2D eigenvalue weighted by atomic mass is 32.2. The topological polar surface area (TPSA) is 78.5 Å². The summed E-state index contributed by atoms with van der Waals surface area (Å²) in [4.78, 5) is 37.0. The van der Waals surface area contributed by atoms with E-state index in [1.165, 1.54) is 16.7 Å². The van der Waals surface area contributed by atoms with Crippen LogP contribution in [0.4, 0.5) is 4.79 Å². The van der Waals surface area contributed by atoms with Crippen LogP contribution in [-0.4, -0.2) is 39.8 Å². The van der Waals surface area contributed by atoms with Crippen molar-refractivity contribution in [3.05, 3.63) is 35.4 Å². The second kappa shape index (κ2) is 7.25. The van der Waals surface area contributed by atoms with Crippen LogP contribution in [0.3, 0.4) is 0 Å². The lowest BCUT2D eigenvalue weighted by Crippen LogP contribution is -2.40. The normalized spacial score (nSPS) is 17.6. The maximum Gasteiger partial charge on any atom is 0.325 e. The first-order valence-corrected chi connectivity index (χ1v) is 9.06. The molecular formula is C17H23N3O3S. The number of thioether (sulfide) groups is 1. The molecule has 24 heavy (non-hydrogen) atoms. The van der Waals surface area contributed by atoms with Crippen LogP contribution in [0.25, 0.3) is 0 Å². The average molecular weight is 349 g/mol. The van der Waals surface area contributed by atoms with Crippen LogP contribution in [0.15, 0.2) is 24.3 Å². The van der Waals surface area contributed by atoms with Crippen LogP contribution in [0, 0.1) is 0 Å². The van der Waals surface area contributed by atoms with Crippen molar-refractivity contribution in [2.75, 3.05) is 6.26 Å². The largest absolute Gasteiger partial charge is 0.351 e. The summed E-state index contributed by atoms with van der Waals surface area (Å²) in [6, 6.07) is 7.15. The molecule has 1 aromatic rings. The van der Waals surface area contributed by atoms with Gasteiger partial charge in [-0.2, -0.15) is 11.8 Å². The van der Waals surface area contributed by atoms with E-state index in [0.29, 0.717) is 6.54 Å². The summed E-state index contributed by atoms with van der Waals surface area (Å²) >= 11 is 1.50. The summed E-state index contributed by atoms with van der Waals surface area (Å²) in [6.07, 6.45) is 1.90. The molecule has 1 fully saturated rings. The van der Waals surface area contributed by atoms with Crippen molar-refractivity contribution >= 4 is 29.6 Å². The maximum absolute atomic E-state index is 12.2. The molecule has 1 atom stereocenters. The highest BCUT2D eigenvalue weighted by Crippen LogP contribution is 2.19. The molecule has 1 aliphatic heterocycles. The Bertz CT molecular complexity index is 643. The summed E-state index contributed by atoms with van der Waals surface area (Å²) in [5.41, 5.74) is 0.983. The van der Waals surface area contributed by atoms with Gasteiger partial charge in [-0.3, -0.25) is 14.5 Å². The zero-order valence-electron chi connectivity index (χ0n) is 14.4. The minimum Gasteiger partial charge on any atom is -0.351 e. The van der Waals surface area contributed by atoms with Crippen molar-refractivity contribution in [3.8, 4) is 0 Å². The Labute approximate surface area is 146 Å². The van der Waals surface area contributed by atoms with Crippen molar-refractivity contribution in [2.24, 2.45) is 0 Å². The Hall–Kier alpha value is -2.02. The van der Waals surface area contributed by atoms with Crippen LogP contribution in [0.5, 0.6) is 0 Å². The minimum absolute atomic E-state index is 0.00754. The summed E-state index contributed by atoms with van der Waals surface area (Å²) in [5.74, 6) is -0.219. The first-order valence-electron chi connectivity index (χ1n) is 7.77. The van der Waals surface area contributed by atoms with Gasteiger partial charge in [0.05, 0.1) is 11.8 Å². The number of urea groups is 1. The molecule has 0 aromatic heterocycles. The average Bonchev–Trinajstić information content (AvgIpc) is 2.74. The Kier molecular flexibility index (Phi) is 5.54. The number of hydrogen-bond donors (Lipinski definition) is 2. The summed E-state index contributed by atoms with van der Waals surface area (Å²) in [7, 11) is 0. The van der Waals surface area contributed by atoms with E-state index in [9.17, 15) is 14.4 Å². The molecule has 6 nitrogen and oxygen atoms in total. The molecule has 1 saturated heterocycles. The molecule has 1 heterocycles. The molecule has 7 heteroatoms. The van der Waals surface area contributed by atoms with Crippen molar-refractivity contribution < 1.29 is 14.4 Å². The van der Waals surface area contributed by atoms with Crippen LogP contribution in [0.2, 0.25) is 0 Å². The lowest BCUT2D eigenvalue weighted by Gasteiger charge is -2.16. The van der Waals surface area contributed by atoms with Crippen molar-refractivity contribution in [1.82, 2.24) is 15.5 Å². The Morgan fingerprint density at radius 3 is 2.33 bits per heavy atom. The zero-order chi connectivity index (χ0) is 17.9. The molecule has 0 spiro atoms. The fraction of sp³-hybridized carbons (Fsp3) is 0.471. The van der Waals surface area contributed by atoms with Gasteiger partial charge in [0.25, 0.3) is 5.91 Å². The summed E-state index contributed by atoms with van der Waals surface area (Å²) < 4.78 is 0. The van der Waals surface area contributed by atoms with Gasteiger partial charge in [-0.1, -0.05) is 24.3 Å². The van der Waals surface area contributed by atoms with Gasteiger partial charge in [-0.25, -0.2) is 4.79 Å². The van der Waals surface area contributed by atoms with Gasteiger partial charge in [-0.05, 0) is 38.2 Å². The van der Waals surface area contributed by atoms with Crippen LogP contribution in [0.1, 0.15) is 31.9 Å². The molecule has 130 valence electrons. The Balaban J connectivity index is 1.94. The van der Waals surface area contributed by atoms with E-state index in [2.05, 4.69) is 10.6 Å². The maximum atomic E-state index is 12.2. The number of nitrogens with zero attached hydrogens (tertiary/aromatic N) is 1. The van der Waals surface area contributed by atoms with E-state index in [1.807, 2.05) is 37.4 Å². The number of nitrogens with one attached hydrogen (secondary N) is 2. The summed E-state index contributed by atoms with van der Waals surface area (Å²) in [5, 5.41) is 5.46. The lowest BCUT2D eigenvalue weighted by molar-refractivity contribution is -0.130. The first kappa shape index (κ1) is 18.3. The van der Waals surface area contributed by atoms with Gasteiger partial charge < -0.3 is 10.6 Å². The second-order valence-corrected chi connectivity index (χ2v) is 7.54. The number of hydrogen-bond acceptors (Lipinski definition) is 4. The quantitative estimate of drug-likeness (QED) is 0.769. The fourth-order valence-corrected chi connectivity index (χ4v) is 2.64. The van der Waals surface area contributed by atoms with E-state index >= 15 is 0 Å². The van der Waals surface area contributed by atoms with Crippen molar-refractivity contribution in [3.63, 3.8) is 0 Å². The van der Waals surface area contributed by atoms with Gasteiger partial charge >= 0.3 is 6.03 Å². The lowest BCUT2D eigenvalue weighted by atomic mass is 10.1. The molecule has 1 aliphatic rings. The van der Waals surface area contributed by atoms with Gasteiger partial charge in [0.1, 0.15) is 5.54 Å². The number of benzene rings is 1. The number of carbonyl (C=O) groups excluding carboxylic acids is 3. The van der Waals surface area contributed by atoms with Gasteiger partial charge in [0.15, 0.2) is 0 Å². The molecule has 2 N–H and O–H groups in total. The van der Waals surface area contributed by atoms with Crippen LogP contribution >= 0.6 is 11.8 Å². The molecule has 0 bridgehead atoms. The Morgan fingerprint density at radius 1 is 1.25 bits per heavy atom. The number of carbonyl (C=O) groups is 3. The molecule has 4 amide bonds. The molecule has 2 rings (SSSR count). The molecule has 0 unspecified atom stereocenters. The van der Waals surface area contributed by atoms with E-state index in [4.69, 9.17) is 0 Å². The first-order chi connectivity index (χ1) is 11.2. The van der Waals surface area contributed by atoms with Crippen LogP contribution < -0.4 is 10.6 Å². The standard InChI is InChI=1S/C17H23N3O3S/c1-11(24-4)14(21)18-9-12-5-7-13(8-6-12)10-20-15(22)17(2,3)19-16(20)23/h5-8,11H,9-10H2,1-4H3,(H,18,21)(H,19,23)/t11-/m0/s1. The molecule has 1 aromatic carbocycles. The van der Waals surface area contributed by atoms with Crippen molar-refractivity contribution in [2.45, 2.75) is 44.6 Å². The second-order valence-electron chi connectivity index (χ2n) is 6.36. The highest BCUT2D eigenvalue weighted by Gasteiger charge is 2.43. The van der Waals surface area contributed by atoms with Gasteiger partial charge in [0.2, 0.25) is 5.91 Å². The third kappa shape index (κ3) is 4.08. The predicted molar refractivity (Wildman–Crippen MR) is 94.4 cm³/mol. The van der Waals surface area contributed by atoms with Crippen LogP contribution in [-0.2, 0) is 22.7 Å². The molecule has 0 radical (unpaired) electrons. The minimum atomic E-state index is -0.852. The predicted octanol–water partition coefficient (Wildman–Crippen LogP) is 1.88. The SMILES string of the molecule is CS[C@@H](C)C(=O)NCc1ccc(CN2C(=O)NC(C)(C)C2=O)cc1. The van der Waals surface area contributed by atoms with E-state index < -0.39 is 5.54 Å². The van der Waals surface area contributed by atoms with Gasteiger partial charge in [0, 0.05) is 6.54 Å². The molecule has 0 aliphatic carbocycles. The molecule has 0 saturated carbocycles. The highest BCUT2D eigenvalue weighted by molar-refractivity contribution is 7.99. The van der Waals surface area contributed by atoms with Gasteiger partial charge in [-0.15, -0.1) is 0 Å². The Morgan fingerprint density at radius 2 is 1.83 bits per heavy atom. The van der Waals surface area contributed by atoms with E-state index in [0.717, 1.165) is 11.1 Å². The number of imide groups is 1. The smallest absolute Gasteiger partial charge is 0.325 e. The monoisotopic (exact) mass is 349 g/mol. The zero-order valence-corrected chi connectivity index (χ0v) is 15.2. The van der Waals surface area contributed by atoms with E-state index in [1.54, 1.807) is 13.8 Å². The third-order valence-electron chi connectivity index (χ3n) is 4.00.